The summed E-state index contributed by atoms with van der Waals surface area (Å²) in [4.78, 5) is 12.5. The predicted octanol–water partition coefficient (Wildman–Crippen LogP) is 1.56. The van der Waals surface area contributed by atoms with Crippen molar-refractivity contribution in [1.29, 1.82) is 0 Å². The van der Waals surface area contributed by atoms with Gasteiger partial charge in [0.1, 0.15) is 0 Å². The topological polar surface area (TPSA) is 73.3 Å². The zero-order valence-electron chi connectivity index (χ0n) is 15.7. The van der Waals surface area contributed by atoms with Crippen molar-refractivity contribution in [1.82, 2.24) is 0 Å². The van der Waals surface area contributed by atoms with Crippen LogP contribution in [-0.2, 0) is 11.2 Å². The Balaban J connectivity index is 1.67. The highest BCUT2D eigenvalue weighted by Crippen LogP contribution is 2.47. The van der Waals surface area contributed by atoms with Crippen molar-refractivity contribution < 1.29 is 23.9 Å². The fourth-order valence-corrected chi connectivity index (χ4v) is 3.74. The van der Waals surface area contributed by atoms with Crippen LogP contribution in [0.5, 0.6) is 17.2 Å². The van der Waals surface area contributed by atoms with Crippen LogP contribution in [0.2, 0.25) is 0 Å². The molecule has 0 bridgehead atoms. The number of ether oxygens (including phenoxy) is 3. The Kier molecular flexibility index (Phi) is 4.53. The molecule has 2 aromatic carbocycles. The average molecular weight is 370 g/mol. The second kappa shape index (κ2) is 7.00. The lowest BCUT2D eigenvalue weighted by atomic mass is 9.94. The molecule has 1 amide bonds. The highest BCUT2D eigenvalue weighted by atomic mass is 16.7. The molecule has 2 atom stereocenters. The van der Waals surface area contributed by atoms with Crippen LogP contribution in [0.4, 0.5) is 11.4 Å². The largest absolute Gasteiger partial charge is 0.492 e. The van der Waals surface area contributed by atoms with Crippen LogP contribution in [0.3, 0.4) is 0 Å². The maximum absolute atomic E-state index is 11.2. The number of carbonyl (C=O) groups excluding carboxylic acids is 1. The maximum atomic E-state index is 11.2. The third-order valence-corrected chi connectivity index (χ3v) is 5.03. The van der Waals surface area contributed by atoms with E-state index in [2.05, 4.69) is 23.7 Å². The van der Waals surface area contributed by atoms with Crippen molar-refractivity contribution in [2.24, 2.45) is 0 Å². The minimum atomic E-state index is -0.0816. The van der Waals surface area contributed by atoms with Gasteiger partial charge in [0.2, 0.25) is 18.4 Å². The second-order valence-corrected chi connectivity index (χ2v) is 6.90. The number of fused-ring (bicyclic) bond motifs is 2. The smallest absolute Gasteiger partial charge is 0.231 e. The molecule has 2 heterocycles. The van der Waals surface area contributed by atoms with Gasteiger partial charge in [0.25, 0.3) is 0 Å². The molecule has 2 aliphatic rings. The van der Waals surface area contributed by atoms with Crippen LogP contribution in [-0.4, -0.2) is 33.4 Å². The van der Waals surface area contributed by atoms with Crippen molar-refractivity contribution in [3.8, 4) is 17.2 Å². The van der Waals surface area contributed by atoms with Gasteiger partial charge in [-0.2, -0.15) is 0 Å². The quantitative estimate of drug-likeness (QED) is 0.762. The van der Waals surface area contributed by atoms with Gasteiger partial charge in [-0.15, -0.1) is 0 Å². The van der Waals surface area contributed by atoms with Crippen molar-refractivity contribution in [2.75, 3.05) is 38.1 Å². The number of carbonyl (C=O) groups is 1. The van der Waals surface area contributed by atoms with Gasteiger partial charge in [-0.3, -0.25) is 4.79 Å². The van der Waals surface area contributed by atoms with Gasteiger partial charge in [-0.1, -0.05) is 0 Å². The summed E-state index contributed by atoms with van der Waals surface area (Å²) in [5.41, 5.74) is 4.07. The fraction of sp³-hybridized carbons (Fsp3) is 0.350. The number of methoxy groups -OCH3 is 1. The molecule has 3 N–H and O–H groups in total. The van der Waals surface area contributed by atoms with Crippen LogP contribution in [0, 0.1) is 0 Å². The third kappa shape index (κ3) is 3.26. The zero-order valence-corrected chi connectivity index (χ0v) is 15.7. The lowest BCUT2D eigenvalue weighted by Gasteiger charge is -2.33. The van der Waals surface area contributed by atoms with E-state index in [4.69, 9.17) is 14.2 Å². The summed E-state index contributed by atoms with van der Waals surface area (Å²) < 4.78 is 16.9. The summed E-state index contributed by atoms with van der Waals surface area (Å²) in [7, 11) is 3.83. The first-order chi connectivity index (χ1) is 13.1. The second-order valence-electron chi connectivity index (χ2n) is 6.90. The summed E-state index contributed by atoms with van der Waals surface area (Å²) in [6.45, 7) is 2.72. The van der Waals surface area contributed by atoms with Crippen molar-refractivity contribution >= 4 is 17.3 Å². The van der Waals surface area contributed by atoms with Crippen LogP contribution >= 0.6 is 0 Å². The summed E-state index contributed by atoms with van der Waals surface area (Å²) in [6, 6.07) is 9.78. The van der Waals surface area contributed by atoms with Crippen LogP contribution in [0.15, 0.2) is 30.3 Å². The third-order valence-electron chi connectivity index (χ3n) is 5.03. The van der Waals surface area contributed by atoms with E-state index in [1.807, 2.05) is 24.3 Å². The SMILES string of the molecule is COc1c2c(cc3c1[C@@H](Nc1ccc(NC(C)=O)cc1)[NH+](C)CC3)OCO2. The number of hydrogen-bond acceptors (Lipinski definition) is 5. The Hall–Kier alpha value is -2.93. The van der Waals surface area contributed by atoms with E-state index < -0.39 is 0 Å². The molecule has 0 fully saturated rings. The number of quaternary nitrogens is 1. The van der Waals surface area contributed by atoms with E-state index >= 15 is 0 Å². The monoisotopic (exact) mass is 370 g/mol. The molecule has 0 saturated heterocycles. The first-order valence-electron chi connectivity index (χ1n) is 9.02. The number of likely N-dealkylation sites (N-methyl/N-ethyl adjacent to an activating group) is 1. The normalized spacial score (nSPS) is 20.0. The van der Waals surface area contributed by atoms with Gasteiger partial charge < -0.3 is 29.7 Å². The van der Waals surface area contributed by atoms with Gasteiger partial charge in [-0.05, 0) is 35.9 Å². The minimum absolute atomic E-state index is 0.0183. The number of amides is 1. The van der Waals surface area contributed by atoms with E-state index in [0.29, 0.717) is 5.75 Å². The van der Waals surface area contributed by atoms with E-state index in [9.17, 15) is 4.79 Å². The molecule has 0 saturated carbocycles. The minimum Gasteiger partial charge on any atom is -0.492 e. The summed E-state index contributed by atoms with van der Waals surface area (Å²) in [6.07, 6.45) is 0.971. The lowest BCUT2D eigenvalue weighted by Crippen LogP contribution is -3.11. The molecule has 2 aromatic rings. The molecule has 1 unspecified atom stereocenters. The molecule has 0 aromatic heterocycles. The molecule has 27 heavy (non-hydrogen) atoms. The molecule has 7 heteroatoms. The Morgan fingerprint density at radius 2 is 1.96 bits per heavy atom. The van der Waals surface area contributed by atoms with Crippen LogP contribution in [0.1, 0.15) is 24.2 Å². The predicted molar refractivity (Wildman–Crippen MR) is 102 cm³/mol. The van der Waals surface area contributed by atoms with Gasteiger partial charge in [-0.25, -0.2) is 0 Å². The van der Waals surface area contributed by atoms with Gasteiger partial charge in [0.15, 0.2) is 17.7 Å². The van der Waals surface area contributed by atoms with Crippen LogP contribution < -0.4 is 29.7 Å². The summed E-state index contributed by atoms with van der Waals surface area (Å²) >= 11 is 0. The zero-order chi connectivity index (χ0) is 19.0. The number of rotatable bonds is 4. The molecule has 0 spiro atoms. The van der Waals surface area contributed by atoms with E-state index in [0.717, 1.165) is 41.4 Å². The van der Waals surface area contributed by atoms with Crippen molar-refractivity contribution in [3.05, 3.63) is 41.5 Å². The Morgan fingerprint density at radius 3 is 2.67 bits per heavy atom. The standard InChI is InChI=1S/C20H23N3O4/c1-12(24)21-14-4-6-15(7-5-14)22-20-17-13(8-9-23(20)2)10-16-18(19(17)25-3)27-11-26-16/h4-7,10,20,22H,8-9,11H2,1-3H3,(H,21,24)/p+1/t20-/m0/s1. The maximum Gasteiger partial charge on any atom is 0.231 e. The number of benzene rings is 2. The van der Waals surface area contributed by atoms with Crippen molar-refractivity contribution in [3.63, 3.8) is 0 Å². The summed E-state index contributed by atoms with van der Waals surface area (Å²) in [5.74, 6) is 2.09. The molecule has 0 radical (unpaired) electrons. The van der Waals surface area contributed by atoms with E-state index in [-0.39, 0.29) is 18.9 Å². The first kappa shape index (κ1) is 17.5. The first-order valence-corrected chi connectivity index (χ1v) is 9.02. The molecule has 0 aliphatic carbocycles. The number of hydrogen-bond donors (Lipinski definition) is 3. The van der Waals surface area contributed by atoms with Gasteiger partial charge >= 0.3 is 0 Å². The lowest BCUT2D eigenvalue weighted by molar-refractivity contribution is -0.910. The molecular formula is C20H24N3O4+. The van der Waals surface area contributed by atoms with Crippen LogP contribution in [0.25, 0.3) is 0 Å². The Labute approximate surface area is 158 Å². The molecule has 2 aliphatic heterocycles. The fourth-order valence-electron chi connectivity index (χ4n) is 3.74. The molecule has 142 valence electrons. The highest BCUT2D eigenvalue weighted by Gasteiger charge is 2.36. The Bertz CT molecular complexity index is 867. The average Bonchev–Trinajstić information content (AvgIpc) is 3.11. The van der Waals surface area contributed by atoms with E-state index in [1.54, 1.807) is 7.11 Å². The van der Waals surface area contributed by atoms with Gasteiger partial charge in [0.05, 0.1) is 26.3 Å². The summed E-state index contributed by atoms with van der Waals surface area (Å²) in [5, 5.41) is 6.39. The number of anilines is 2. The molecule has 7 nitrogen and oxygen atoms in total. The van der Waals surface area contributed by atoms with Gasteiger partial charge in [0, 0.05) is 24.7 Å². The highest BCUT2D eigenvalue weighted by molar-refractivity contribution is 5.88. The number of nitrogens with one attached hydrogen (secondary N) is 3. The molecule has 4 rings (SSSR count). The molecular weight excluding hydrogens is 346 g/mol. The van der Waals surface area contributed by atoms with E-state index in [1.165, 1.54) is 17.4 Å². The van der Waals surface area contributed by atoms with Crippen molar-refractivity contribution in [2.45, 2.75) is 19.5 Å². The Morgan fingerprint density at radius 1 is 1.22 bits per heavy atom.